The van der Waals surface area contributed by atoms with Gasteiger partial charge in [0.25, 0.3) is 0 Å². The number of aryl methyl sites for hydroxylation is 2. The summed E-state index contributed by atoms with van der Waals surface area (Å²) in [6.07, 6.45) is 3.82. The number of nitriles is 1. The Morgan fingerprint density at radius 3 is 2.86 bits per heavy atom. The first kappa shape index (κ1) is 20.0. The van der Waals surface area contributed by atoms with Crippen LogP contribution in [0.25, 0.3) is 0 Å². The minimum Gasteiger partial charge on any atom is -0.352 e. The van der Waals surface area contributed by atoms with Crippen molar-refractivity contribution in [1.29, 1.82) is 5.26 Å². The third-order valence-corrected chi connectivity index (χ3v) is 6.55. The van der Waals surface area contributed by atoms with Crippen LogP contribution in [0.2, 0.25) is 0 Å². The second kappa shape index (κ2) is 8.20. The molecular weight excluding hydrogens is 389 g/mol. The average Bonchev–Trinajstić information content (AvgIpc) is 3.26. The molecule has 9 heteroatoms. The molecule has 2 aromatic rings. The van der Waals surface area contributed by atoms with Gasteiger partial charge in [0.1, 0.15) is 17.0 Å². The molecule has 154 valence electrons. The molecule has 4 rings (SSSR count). The van der Waals surface area contributed by atoms with Gasteiger partial charge in [0.15, 0.2) is 0 Å². The fraction of sp³-hybridized carbons (Fsp3) is 0.600. The number of alkyl halides is 1. The van der Waals surface area contributed by atoms with Gasteiger partial charge in [0.2, 0.25) is 5.95 Å². The van der Waals surface area contributed by atoms with Gasteiger partial charge in [-0.05, 0) is 63.2 Å². The molecule has 0 bridgehead atoms. The molecule has 0 aromatic carbocycles. The lowest BCUT2D eigenvalue weighted by Gasteiger charge is -2.51. The Hall–Kier alpha value is -2.31. The van der Waals surface area contributed by atoms with Crippen LogP contribution in [0.5, 0.6) is 0 Å². The molecule has 2 aliphatic rings. The Morgan fingerprint density at radius 2 is 2.21 bits per heavy atom. The van der Waals surface area contributed by atoms with E-state index < -0.39 is 6.17 Å². The number of nitrogens with zero attached hydrogens (tertiary/aromatic N) is 5. The molecule has 1 aliphatic carbocycles. The maximum Gasteiger partial charge on any atom is 0.229 e. The highest BCUT2D eigenvalue weighted by molar-refractivity contribution is 7.10. The largest absolute Gasteiger partial charge is 0.352 e. The lowest BCUT2D eigenvalue weighted by atomic mass is 9.85. The van der Waals surface area contributed by atoms with Crippen LogP contribution >= 0.6 is 11.5 Å². The summed E-state index contributed by atoms with van der Waals surface area (Å²) in [5, 5.41) is 17.0. The predicted molar refractivity (Wildman–Crippen MR) is 112 cm³/mol. The summed E-state index contributed by atoms with van der Waals surface area (Å²) in [5.74, 6) is 1.79. The van der Waals surface area contributed by atoms with Crippen molar-refractivity contribution in [2.45, 2.75) is 51.2 Å². The first-order valence-electron chi connectivity index (χ1n) is 10.0. The summed E-state index contributed by atoms with van der Waals surface area (Å²) in [6.45, 7) is 6.14. The van der Waals surface area contributed by atoms with Gasteiger partial charge in [-0.15, -0.1) is 0 Å². The number of hydrogen-bond acceptors (Lipinski definition) is 8. The van der Waals surface area contributed by atoms with Crippen LogP contribution in [0, 0.1) is 31.1 Å². The van der Waals surface area contributed by atoms with Crippen molar-refractivity contribution in [2.24, 2.45) is 5.92 Å². The van der Waals surface area contributed by atoms with E-state index in [2.05, 4.69) is 31.0 Å². The summed E-state index contributed by atoms with van der Waals surface area (Å²) in [4.78, 5) is 11.3. The molecule has 1 aliphatic heterocycles. The standard InChI is InChI=1S/C20H26FN7S/c1-13-9-23-19(25-17-7-14(2)27-29-17)26-18(13)28-11-20(12-28,5-6-22)24-10-15-3-4-16(21)8-15/h7,9,15-16,24H,3-5,8,10-12H2,1-2H3,(H,23,25,26)/t15-,16-/m0/s1. The Labute approximate surface area is 174 Å². The first-order valence-corrected chi connectivity index (χ1v) is 10.8. The van der Waals surface area contributed by atoms with Gasteiger partial charge in [-0.25, -0.2) is 9.37 Å². The van der Waals surface area contributed by atoms with Gasteiger partial charge in [0, 0.05) is 24.8 Å². The fourth-order valence-electron chi connectivity index (χ4n) is 4.18. The zero-order valence-electron chi connectivity index (χ0n) is 16.8. The molecule has 2 atom stereocenters. The molecule has 7 nitrogen and oxygen atoms in total. The molecule has 2 fully saturated rings. The second-order valence-electron chi connectivity index (χ2n) is 8.29. The van der Waals surface area contributed by atoms with Gasteiger partial charge in [-0.2, -0.15) is 14.6 Å². The lowest BCUT2D eigenvalue weighted by Crippen LogP contribution is -2.70. The van der Waals surface area contributed by atoms with E-state index in [1.54, 1.807) is 0 Å². The van der Waals surface area contributed by atoms with Crippen molar-refractivity contribution in [3.05, 3.63) is 23.5 Å². The van der Waals surface area contributed by atoms with E-state index in [0.29, 0.717) is 44.2 Å². The summed E-state index contributed by atoms with van der Waals surface area (Å²) >= 11 is 1.38. The van der Waals surface area contributed by atoms with Gasteiger partial charge in [-0.3, -0.25) is 0 Å². The van der Waals surface area contributed by atoms with Crippen molar-refractivity contribution in [3.8, 4) is 6.07 Å². The normalized spacial score (nSPS) is 22.9. The predicted octanol–water partition coefficient (Wildman–Crippen LogP) is 3.49. The zero-order valence-corrected chi connectivity index (χ0v) is 17.6. The summed E-state index contributed by atoms with van der Waals surface area (Å²) in [6, 6.07) is 4.28. The average molecular weight is 416 g/mol. The van der Waals surface area contributed by atoms with Gasteiger partial charge >= 0.3 is 0 Å². The third kappa shape index (κ3) is 4.49. The number of aromatic nitrogens is 3. The maximum atomic E-state index is 13.4. The number of nitrogens with one attached hydrogen (secondary N) is 2. The topological polar surface area (TPSA) is 89.8 Å². The molecule has 1 saturated heterocycles. The number of halogens is 1. The Balaban J connectivity index is 1.41. The molecule has 1 saturated carbocycles. The van der Waals surface area contributed by atoms with Gasteiger partial charge in [0.05, 0.1) is 23.7 Å². The second-order valence-corrected chi connectivity index (χ2v) is 9.09. The van der Waals surface area contributed by atoms with Gasteiger partial charge < -0.3 is 15.5 Å². The van der Waals surface area contributed by atoms with E-state index in [9.17, 15) is 9.65 Å². The number of rotatable bonds is 7. The summed E-state index contributed by atoms with van der Waals surface area (Å²) in [5.41, 5.74) is 1.71. The van der Waals surface area contributed by atoms with Crippen LogP contribution in [-0.4, -0.2) is 45.7 Å². The van der Waals surface area contributed by atoms with Crippen LogP contribution in [0.3, 0.4) is 0 Å². The van der Waals surface area contributed by atoms with Crippen LogP contribution < -0.4 is 15.5 Å². The fourth-order valence-corrected chi connectivity index (χ4v) is 4.83. The minimum absolute atomic E-state index is 0.247. The molecule has 0 amide bonds. The van der Waals surface area contributed by atoms with Gasteiger partial charge in [-0.1, -0.05) is 0 Å². The number of hydrogen-bond donors (Lipinski definition) is 2. The SMILES string of the molecule is Cc1cc(Nc2ncc(C)c(N3CC(CC#N)(NC[C@H]4CC[C@H](F)C4)C3)n2)sn1. The molecule has 3 heterocycles. The van der Waals surface area contributed by atoms with E-state index in [1.807, 2.05) is 26.1 Å². The molecule has 2 aromatic heterocycles. The monoisotopic (exact) mass is 415 g/mol. The van der Waals surface area contributed by atoms with Crippen molar-refractivity contribution >= 4 is 28.3 Å². The highest BCUT2D eigenvalue weighted by atomic mass is 32.1. The molecule has 0 unspecified atom stereocenters. The first-order chi connectivity index (χ1) is 14.0. The highest BCUT2D eigenvalue weighted by Crippen LogP contribution is 2.33. The molecule has 29 heavy (non-hydrogen) atoms. The molecule has 0 spiro atoms. The smallest absolute Gasteiger partial charge is 0.229 e. The van der Waals surface area contributed by atoms with Crippen molar-refractivity contribution < 1.29 is 4.39 Å². The van der Waals surface area contributed by atoms with E-state index in [1.165, 1.54) is 11.5 Å². The Kier molecular flexibility index (Phi) is 5.65. The lowest BCUT2D eigenvalue weighted by molar-refractivity contribution is 0.239. The summed E-state index contributed by atoms with van der Waals surface area (Å²) in [7, 11) is 0. The minimum atomic E-state index is -0.663. The van der Waals surface area contributed by atoms with E-state index in [0.717, 1.165) is 35.0 Å². The van der Waals surface area contributed by atoms with E-state index in [4.69, 9.17) is 4.98 Å². The zero-order chi connectivity index (χ0) is 20.4. The Morgan fingerprint density at radius 1 is 1.38 bits per heavy atom. The highest BCUT2D eigenvalue weighted by Gasteiger charge is 2.44. The van der Waals surface area contributed by atoms with Crippen LogP contribution in [-0.2, 0) is 0 Å². The Bertz CT molecular complexity index is 902. The van der Waals surface area contributed by atoms with Crippen LogP contribution in [0.4, 0.5) is 21.2 Å². The molecule has 2 N–H and O–H groups in total. The van der Waals surface area contributed by atoms with E-state index in [-0.39, 0.29) is 5.54 Å². The third-order valence-electron chi connectivity index (χ3n) is 5.75. The number of anilines is 3. The van der Waals surface area contributed by atoms with Crippen LogP contribution in [0.15, 0.2) is 12.3 Å². The van der Waals surface area contributed by atoms with Crippen LogP contribution in [0.1, 0.15) is 36.9 Å². The van der Waals surface area contributed by atoms with Crippen molar-refractivity contribution in [1.82, 2.24) is 19.7 Å². The maximum absolute atomic E-state index is 13.4. The molecule has 0 radical (unpaired) electrons. The van der Waals surface area contributed by atoms with Crippen molar-refractivity contribution in [3.63, 3.8) is 0 Å². The molecular formula is C20H26FN7S. The summed E-state index contributed by atoms with van der Waals surface area (Å²) < 4.78 is 17.7. The quantitative estimate of drug-likeness (QED) is 0.715. The van der Waals surface area contributed by atoms with E-state index >= 15 is 0 Å². The van der Waals surface area contributed by atoms with Crippen molar-refractivity contribution in [2.75, 3.05) is 29.9 Å².